The maximum Gasteiger partial charge on any atom is 0.414 e. The van der Waals surface area contributed by atoms with Gasteiger partial charge in [0.2, 0.25) is 5.95 Å². The molecule has 0 radical (unpaired) electrons. The van der Waals surface area contributed by atoms with Crippen molar-refractivity contribution in [2.75, 3.05) is 11.4 Å². The highest BCUT2D eigenvalue weighted by Crippen LogP contribution is 2.28. The maximum absolute atomic E-state index is 11.8. The first-order valence-electron chi connectivity index (χ1n) is 8.55. The first-order chi connectivity index (χ1) is 11.6. The smallest absolute Gasteiger partial charge is 0.414 e. The molecule has 1 aliphatic carbocycles. The number of halogens is 1. The number of benzene rings is 1. The molecule has 1 amide bonds. The second kappa shape index (κ2) is 7.47. The zero-order chi connectivity index (χ0) is 17.1. The molecule has 0 bridgehead atoms. The molecule has 6 heteroatoms. The van der Waals surface area contributed by atoms with Gasteiger partial charge < -0.3 is 5.11 Å². The Balaban J connectivity index is 1.97. The fraction of sp³-hybridized carbons (Fsp3) is 0.500. The van der Waals surface area contributed by atoms with Crippen molar-refractivity contribution in [1.29, 1.82) is 0 Å². The molecule has 3 rings (SSSR count). The van der Waals surface area contributed by atoms with Crippen molar-refractivity contribution in [1.82, 2.24) is 9.97 Å². The van der Waals surface area contributed by atoms with Gasteiger partial charge in [-0.25, -0.2) is 19.7 Å². The maximum atomic E-state index is 11.8. The van der Waals surface area contributed by atoms with Gasteiger partial charge in [0.25, 0.3) is 0 Å². The Morgan fingerprint density at radius 3 is 2.71 bits per heavy atom. The van der Waals surface area contributed by atoms with Crippen LogP contribution in [0.25, 0.3) is 10.9 Å². The van der Waals surface area contributed by atoms with Crippen LogP contribution in [0, 0.1) is 5.92 Å². The van der Waals surface area contributed by atoms with Crippen LogP contribution in [0.15, 0.2) is 22.7 Å². The van der Waals surface area contributed by atoms with E-state index >= 15 is 0 Å². The van der Waals surface area contributed by atoms with Gasteiger partial charge >= 0.3 is 6.09 Å². The number of carbonyl (C=O) groups is 1. The third kappa shape index (κ3) is 3.69. The molecule has 24 heavy (non-hydrogen) atoms. The molecule has 0 atom stereocenters. The Kier molecular flexibility index (Phi) is 5.33. The predicted octanol–water partition coefficient (Wildman–Crippen LogP) is 5.02. The second-order valence-corrected chi connectivity index (χ2v) is 7.30. The van der Waals surface area contributed by atoms with Gasteiger partial charge in [-0.15, -0.1) is 0 Å². The van der Waals surface area contributed by atoms with E-state index in [1.807, 2.05) is 25.1 Å². The standard InChI is InChI=1S/C18H22BrN3O2/c1-2-15-14-10-13(19)8-9-16(14)21-17(20-15)22(18(23)24)11-12-6-4-3-5-7-12/h8-10,12H,2-7,11H2,1H3,(H,23,24). The quantitative estimate of drug-likeness (QED) is 0.794. The number of nitrogens with zero attached hydrogens (tertiary/aromatic N) is 3. The molecule has 1 aliphatic rings. The molecule has 1 heterocycles. The molecule has 1 aromatic carbocycles. The first-order valence-corrected chi connectivity index (χ1v) is 9.34. The lowest BCUT2D eigenvalue weighted by Crippen LogP contribution is -2.36. The van der Waals surface area contributed by atoms with Gasteiger partial charge in [0, 0.05) is 16.4 Å². The minimum absolute atomic E-state index is 0.305. The highest BCUT2D eigenvalue weighted by Gasteiger charge is 2.24. The van der Waals surface area contributed by atoms with Crippen LogP contribution in [0.3, 0.4) is 0 Å². The minimum Gasteiger partial charge on any atom is -0.465 e. The van der Waals surface area contributed by atoms with Gasteiger partial charge in [-0.05, 0) is 43.4 Å². The molecule has 0 aliphatic heterocycles. The molecular formula is C18H22BrN3O2. The van der Waals surface area contributed by atoms with Crippen LogP contribution < -0.4 is 4.90 Å². The van der Waals surface area contributed by atoms with Crippen molar-refractivity contribution < 1.29 is 9.90 Å². The lowest BCUT2D eigenvalue weighted by Gasteiger charge is -2.27. The Morgan fingerprint density at radius 1 is 1.29 bits per heavy atom. The van der Waals surface area contributed by atoms with E-state index in [0.29, 0.717) is 18.4 Å². The number of anilines is 1. The van der Waals surface area contributed by atoms with Gasteiger partial charge in [0.05, 0.1) is 11.2 Å². The van der Waals surface area contributed by atoms with Gasteiger partial charge in [0.1, 0.15) is 0 Å². The Bertz CT molecular complexity index is 744. The van der Waals surface area contributed by atoms with Crippen molar-refractivity contribution >= 4 is 38.9 Å². The van der Waals surface area contributed by atoms with Gasteiger partial charge in [-0.1, -0.05) is 42.1 Å². The monoisotopic (exact) mass is 391 g/mol. The van der Waals surface area contributed by atoms with Crippen LogP contribution in [0.5, 0.6) is 0 Å². The zero-order valence-corrected chi connectivity index (χ0v) is 15.4. The van der Waals surface area contributed by atoms with E-state index < -0.39 is 6.09 Å². The summed E-state index contributed by atoms with van der Waals surface area (Å²) in [7, 11) is 0. The highest BCUT2D eigenvalue weighted by molar-refractivity contribution is 9.10. The highest BCUT2D eigenvalue weighted by atomic mass is 79.9. The summed E-state index contributed by atoms with van der Waals surface area (Å²) >= 11 is 3.47. The summed E-state index contributed by atoms with van der Waals surface area (Å²) < 4.78 is 0.971. The molecular weight excluding hydrogens is 370 g/mol. The molecule has 5 nitrogen and oxygen atoms in total. The van der Waals surface area contributed by atoms with Crippen molar-refractivity contribution in [3.63, 3.8) is 0 Å². The molecule has 128 valence electrons. The second-order valence-electron chi connectivity index (χ2n) is 6.38. The number of carboxylic acid groups (broad SMARTS) is 1. The summed E-state index contributed by atoms with van der Waals surface area (Å²) in [6.45, 7) is 2.51. The van der Waals surface area contributed by atoms with Crippen LogP contribution in [-0.2, 0) is 6.42 Å². The summed E-state index contributed by atoms with van der Waals surface area (Å²) in [5.74, 6) is 0.712. The Labute approximate surface area is 150 Å². The number of aryl methyl sites for hydroxylation is 1. The summed E-state index contributed by atoms with van der Waals surface area (Å²) in [5, 5.41) is 10.6. The van der Waals surface area contributed by atoms with Gasteiger partial charge in [-0.3, -0.25) is 0 Å². The van der Waals surface area contributed by atoms with Crippen LogP contribution in [0.4, 0.5) is 10.7 Å². The van der Waals surface area contributed by atoms with Crippen molar-refractivity contribution in [2.45, 2.75) is 45.4 Å². The number of amides is 1. The fourth-order valence-electron chi connectivity index (χ4n) is 3.41. The van der Waals surface area contributed by atoms with Crippen molar-refractivity contribution in [3.8, 4) is 0 Å². The van der Waals surface area contributed by atoms with E-state index in [0.717, 1.165) is 40.3 Å². The Morgan fingerprint density at radius 2 is 2.04 bits per heavy atom. The van der Waals surface area contributed by atoms with E-state index in [-0.39, 0.29) is 0 Å². The summed E-state index contributed by atoms with van der Waals surface area (Å²) in [6, 6.07) is 5.82. The molecule has 1 N–H and O–H groups in total. The number of fused-ring (bicyclic) bond motifs is 1. The van der Waals surface area contributed by atoms with Crippen LogP contribution in [0.2, 0.25) is 0 Å². The fourth-order valence-corrected chi connectivity index (χ4v) is 3.78. The van der Waals surface area contributed by atoms with Crippen LogP contribution in [-0.4, -0.2) is 27.7 Å². The molecule has 1 fully saturated rings. The zero-order valence-electron chi connectivity index (χ0n) is 13.8. The normalized spacial score (nSPS) is 15.6. The minimum atomic E-state index is -0.973. The van der Waals surface area contributed by atoms with E-state index in [1.54, 1.807) is 0 Å². The largest absolute Gasteiger partial charge is 0.465 e. The van der Waals surface area contributed by atoms with Crippen molar-refractivity contribution in [3.05, 3.63) is 28.4 Å². The summed E-state index contributed by atoms with van der Waals surface area (Å²) in [4.78, 5) is 22.2. The Hall–Kier alpha value is -1.69. The number of hydrogen-bond donors (Lipinski definition) is 1. The lowest BCUT2D eigenvalue weighted by atomic mass is 9.89. The molecule has 0 unspecified atom stereocenters. The van der Waals surface area contributed by atoms with E-state index in [1.165, 1.54) is 24.2 Å². The molecule has 1 aromatic heterocycles. The topological polar surface area (TPSA) is 66.3 Å². The van der Waals surface area contributed by atoms with E-state index in [4.69, 9.17) is 0 Å². The lowest BCUT2D eigenvalue weighted by molar-refractivity contribution is 0.198. The van der Waals surface area contributed by atoms with E-state index in [9.17, 15) is 9.90 Å². The van der Waals surface area contributed by atoms with Gasteiger partial charge in [0.15, 0.2) is 0 Å². The number of aromatic nitrogens is 2. The van der Waals surface area contributed by atoms with Crippen LogP contribution >= 0.6 is 15.9 Å². The van der Waals surface area contributed by atoms with Crippen LogP contribution in [0.1, 0.15) is 44.7 Å². The first kappa shape index (κ1) is 17.1. The third-order valence-corrected chi connectivity index (χ3v) is 5.19. The average molecular weight is 392 g/mol. The summed E-state index contributed by atoms with van der Waals surface area (Å²) in [6.07, 6.45) is 5.56. The number of rotatable bonds is 4. The van der Waals surface area contributed by atoms with Crippen molar-refractivity contribution in [2.24, 2.45) is 5.92 Å². The van der Waals surface area contributed by atoms with Gasteiger partial charge in [-0.2, -0.15) is 0 Å². The SMILES string of the molecule is CCc1nc(N(CC2CCCCC2)C(=O)O)nc2ccc(Br)cc12. The summed E-state index contributed by atoms with van der Waals surface area (Å²) in [5.41, 5.74) is 1.67. The molecule has 1 saturated carbocycles. The van der Waals surface area contributed by atoms with E-state index in [2.05, 4.69) is 25.9 Å². The molecule has 0 spiro atoms. The molecule has 0 saturated heterocycles. The third-order valence-electron chi connectivity index (χ3n) is 4.70. The molecule has 2 aromatic rings. The predicted molar refractivity (Wildman–Crippen MR) is 98.6 cm³/mol. The number of hydrogen-bond acceptors (Lipinski definition) is 3. The average Bonchev–Trinajstić information content (AvgIpc) is 2.59.